The van der Waals surface area contributed by atoms with E-state index in [1.807, 2.05) is 27.3 Å². The minimum atomic E-state index is -2.41. The molecule has 2 atom stereocenters. The van der Waals surface area contributed by atoms with Gasteiger partial charge in [-0.15, -0.1) is 0 Å². The summed E-state index contributed by atoms with van der Waals surface area (Å²) in [4.78, 5) is 0. The van der Waals surface area contributed by atoms with E-state index in [1.54, 1.807) is 0 Å². The van der Waals surface area contributed by atoms with E-state index in [1.165, 1.54) is 0 Å². The molecule has 0 spiro atoms. The standard InChI is InChI=1S/C11H24O4Si/c1-6-9-12-11(10(4)15-11)16(5,13-7-2)14-8-3/h10H,6-9H2,1-5H3. The van der Waals surface area contributed by atoms with Gasteiger partial charge in [0, 0.05) is 19.8 Å². The molecular formula is C11H24O4Si. The van der Waals surface area contributed by atoms with E-state index < -0.39 is 14.0 Å². The summed E-state index contributed by atoms with van der Waals surface area (Å²) >= 11 is 0. The Morgan fingerprint density at radius 2 is 1.69 bits per heavy atom. The third kappa shape index (κ3) is 2.48. The topological polar surface area (TPSA) is 40.2 Å². The Morgan fingerprint density at radius 1 is 1.19 bits per heavy atom. The summed E-state index contributed by atoms with van der Waals surface area (Å²) in [6.07, 6.45) is 1.05. The second-order valence-corrected chi connectivity index (χ2v) is 7.25. The quantitative estimate of drug-likeness (QED) is 0.488. The van der Waals surface area contributed by atoms with Crippen LogP contribution in [0.15, 0.2) is 0 Å². The highest BCUT2D eigenvalue weighted by molar-refractivity contribution is 6.69. The third-order valence-corrected chi connectivity index (χ3v) is 6.44. The van der Waals surface area contributed by atoms with Gasteiger partial charge in [0.1, 0.15) is 6.10 Å². The molecule has 2 unspecified atom stereocenters. The van der Waals surface area contributed by atoms with E-state index in [9.17, 15) is 0 Å². The molecule has 0 saturated carbocycles. The highest BCUT2D eigenvalue weighted by Crippen LogP contribution is 2.46. The maximum Gasteiger partial charge on any atom is 0.400 e. The molecule has 0 bridgehead atoms. The smallest absolute Gasteiger partial charge is 0.392 e. The van der Waals surface area contributed by atoms with Crippen LogP contribution in [0.25, 0.3) is 0 Å². The molecule has 1 aliphatic heterocycles. The van der Waals surface area contributed by atoms with E-state index in [4.69, 9.17) is 18.3 Å². The first-order valence-corrected chi connectivity index (χ1v) is 8.47. The van der Waals surface area contributed by atoms with Gasteiger partial charge in [-0.1, -0.05) is 6.92 Å². The Hall–Kier alpha value is 0.0569. The van der Waals surface area contributed by atoms with Gasteiger partial charge in [-0.25, -0.2) is 0 Å². The van der Waals surface area contributed by atoms with Gasteiger partial charge in [-0.2, -0.15) is 0 Å². The lowest BCUT2D eigenvalue weighted by Crippen LogP contribution is -2.56. The lowest BCUT2D eigenvalue weighted by Gasteiger charge is -2.31. The van der Waals surface area contributed by atoms with E-state index in [-0.39, 0.29) is 6.10 Å². The fourth-order valence-electron chi connectivity index (χ4n) is 2.03. The van der Waals surface area contributed by atoms with Gasteiger partial charge in [0.2, 0.25) is 5.41 Å². The van der Waals surface area contributed by atoms with Crippen molar-refractivity contribution in [1.82, 2.24) is 0 Å². The van der Waals surface area contributed by atoms with Crippen molar-refractivity contribution in [1.29, 1.82) is 0 Å². The number of hydrogen-bond acceptors (Lipinski definition) is 4. The Balaban J connectivity index is 2.74. The predicted molar refractivity (Wildman–Crippen MR) is 64.4 cm³/mol. The number of ether oxygens (including phenoxy) is 2. The Bertz CT molecular complexity index is 218. The van der Waals surface area contributed by atoms with Crippen LogP contribution < -0.4 is 0 Å². The first-order valence-electron chi connectivity index (χ1n) is 6.16. The molecular weight excluding hydrogens is 224 g/mol. The summed E-state index contributed by atoms with van der Waals surface area (Å²) in [6, 6.07) is 0. The van der Waals surface area contributed by atoms with Gasteiger partial charge in [-0.3, -0.25) is 0 Å². The molecule has 5 heteroatoms. The molecule has 0 aromatic carbocycles. The van der Waals surface area contributed by atoms with Crippen LogP contribution in [0, 0.1) is 0 Å². The van der Waals surface area contributed by atoms with Crippen LogP contribution in [0.4, 0.5) is 0 Å². The molecule has 1 rings (SSSR count). The van der Waals surface area contributed by atoms with Gasteiger partial charge in [0.05, 0.1) is 0 Å². The van der Waals surface area contributed by atoms with Crippen LogP contribution in [0.1, 0.15) is 34.1 Å². The zero-order valence-corrected chi connectivity index (χ0v) is 12.0. The average Bonchev–Trinajstić information content (AvgIpc) is 2.89. The van der Waals surface area contributed by atoms with Gasteiger partial charge < -0.3 is 18.3 Å². The Kier molecular flexibility index (Phi) is 4.94. The fourth-order valence-corrected chi connectivity index (χ4v) is 5.12. The van der Waals surface area contributed by atoms with Crippen molar-refractivity contribution < 1.29 is 18.3 Å². The number of rotatable bonds is 8. The molecule has 0 aliphatic carbocycles. The summed E-state index contributed by atoms with van der Waals surface area (Å²) in [5, 5.41) is 0. The van der Waals surface area contributed by atoms with Crippen molar-refractivity contribution in [2.45, 2.75) is 52.2 Å². The normalized spacial score (nSPS) is 29.4. The van der Waals surface area contributed by atoms with E-state index >= 15 is 0 Å². The van der Waals surface area contributed by atoms with Gasteiger partial charge in [-0.05, 0) is 33.7 Å². The largest absolute Gasteiger partial charge is 0.400 e. The van der Waals surface area contributed by atoms with Crippen LogP contribution in [0.2, 0.25) is 6.55 Å². The van der Waals surface area contributed by atoms with Crippen LogP contribution in [-0.4, -0.2) is 39.9 Å². The van der Waals surface area contributed by atoms with Crippen LogP contribution in [-0.2, 0) is 18.3 Å². The monoisotopic (exact) mass is 248 g/mol. The van der Waals surface area contributed by atoms with E-state index in [2.05, 4.69) is 6.92 Å². The van der Waals surface area contributed by atoms with Gasteiger partial charge in [0.25, 0.3) is 0 Å². The molecule has 1 heterocycles. The summed E-state index contributed by atoms with van der Waals surface area (Å²) < 4.78 is 23.2. The van der Waals surface area contributed by atoms with Crippen LogP contribution >= 0.6 is 0 Å². The molecule has 4 nitrogen and oxygen atoms in total. The van der Waals surface area contributed by atoms with Crippen LogP contribution in [0.3, 0.4) is 0 Å². The van der Waals surface area contributed by atoms with Crippen molar-refractivity contribution in [2.75, 3.05) is 19.8 Å². The first kappa shape index (κ1) is 14.1. The third-order valence-electron chi connectivity index (χ3n) is 2.82. The zero-order chi connectivity index (χ0) is 12.2. The summed E-state index contributed by atoms with van der Waals surface area (Å²) in [5.41, 5.74) is -0.588. The van der Waals surface area contributed by atoms with Crippen molar-refractivity contribution in [3.05, 3.63) is 0 Å². The van der Waals surface area contributed by atoms with Crippen molar-refractivity contribution in [2.24, 2.45) is 0 Å². The van der Waals surface area contributed by atoms with Gasteiger partial charge >= 0.3 is 8.56 Å². The predicted octanol–water partition coefficient (Wildman–Crippen LogP) is 2.21. The molecule has 1 fully saturated rings. The lowest BCUT2D eigenvalue weighted by atomic mass is 10.5. The minimum absolute atomic E-state index is 0.0776. The van der Waals surface area contributed by atoms with E-state index in [0.29, 0.717) is 19.8 Å². The van der Waals surface area contributed by atoms with E-state index in [0.717, 1.165) is 6.42 Å². The second-order valence-electron chi connectivity index (χ2n) is 4.09. The molecule has 0 amide bonds. The maximum atomic E-state index is 5.86. The highest BCUT2D eigenvalue weighted by atomic mass is 28.4. The fraction of sp³-hybridized carbons (Fsp3) is 1.00. The number of epoxide rings is 1. The zero-order valence-electron chi connectivity index (χ0n) is 11.0. The van der Waals surface area contributed by atoms with Crippen molar-refractivity contribution in [3.63, 3.8) is 0 Å². The summed E-state index contributed by atoms with van der Waals surface area (Å²) in [5.74, 6) is 0. The Labute approximate surface area is 99.5 Å². The first-order chi connectivity index (χ1) is 7.56. The average molecular weight is 248 g/mol. The number of hydrogen-bond donors (Lipinski definition) is 0. The summed E-state index contributed by atoms with van der Waals surface area (Å²) in [7, 11) is -2.41. The second kappa shape index (κ2) is 5.60. The summed E-state index contributed by atoms with van der Waals surface area (Å²) in [6.45, 7) is 12.0. The molecule has 0 aromatic heterocycles. The minimum Gasteiger partial charge on any atom is -0.392 e. The maximum absolute atomic E-state index is 5.86. The molecule has 16 heavy (non-hydrogen) atoms. The van der Waals surface area contributed by atoms with Gasteiger partial charge in [0.15, 0.2) is 0 Å². The Morgan fingerprint density at radius 3 is 2.00 bits per heavy atom. The van der Waals surface area contributed by atoms with Crippen LogP contribution in [0.5, 0.6) is 0 Å². The molecule has 1 aliphatic rings. The molecule has 0 aromatic rings. The SMILES string of the molecule is CCCOC1([Si](C)(OCC)OCC)OC1C. The lowest BCUT2D eigenvalue weighted by molar-refractivity contribution is -0.0292. The molecule has 0 radical (unpaired) electrons. The van der Waals surface area contributed by atoms with Crippen molar-refractivity contribution in [3.8, 4) is 0 Å². The van der Waals surface area contributed by atoms with Crippen molar-refractivity contribution >= 4 is 8.56 Å². The highest BCUT2D eigenvalue weighted by Gasteiger charge is 2.72. The molecule has 1 saturated heterocycles. The molecule has 96 valence electrons. The molecule has 0 N–H and O–H groups in total.